The monoisotopic (exact) mass is 397 g/mol. The molecule has 146 valence electrons. The average molecular weight is 398 g/mol. The first-order valence-electron chi connectivity index (χ1n) is 8.68. The summed E-state index contributed by atoms with van der Waals surface area (Å²) in [5.74, 6) is -2.58. The highest BCUT2D eigenvalue weighted by atomic mass is 35.5. The van der Waals surface area contributed by atoms with Crippen LogP contribution < -0.4 is 5.48 Å². The molecule has 0 heterocycles. The molecule has 0 spiro atoms. The third-order valence-electron chi connectivity index (χ3n) is 4.23. The summed E-state index contributed by atoms with van der Waals surface area (Å²) in [5.41, 5.74) is 2.70. The highest BCUT2D eigenvalue weighted by Crippen LogP contribution is 2.31. The van der Waals surface area contributed by atoms with Crippen molar-refractivity contribution in [3.8, 4) is 0 Å². The molecule has 0 fully saturated rings. The van der Waals surface area contributed by atoms with Crippen molar-refractivity contribution in [3.63, 3.8) is 0 Å². The van der Waals surface area contributed by atoms with E-state index in [4.69, 9.17) is 21.5 Å². The number of nitrogens with one attached hydrogen (secondary N) is 1. The number of carbonyl (C=O) groups is 1. The van der Waals surface area contributed by atoms with E-state index >= 15 is 0 Å². The van der Waals surface area contributed by atoms with E-state index in [0.29, 0.717) is 24.5 Å². The van der Waals surface area contributed by atoms with Gasteiger partial charge in [-0.15, -0.1) is 0 Å². The van der Waals surface area contributed by atoms with Crippen molar-refractivity contribution in [2.75, 3.05) is 6.61 Å². The summed E-state index contributed by atoms with van der Waals surface area (Å²) < 4.78 is 33.7. The van der Waals surface area contributed by atoms with Gasteiger partial charge >= 0.3 is 0 Å². The molecule has 27 heavy (non-hydrogen) atoms. The summed E-state index contributed by atoms with van der Waals surface area (Å²) in [5, 5.41) is 9.45. The molecule has 0 saturated carbocycles. The minimum Gasteiger partial charge on any atom is -0.377 e. The van der Waals surface area contributed by atoms with Crippen molar-refractivity contribution in [2.45, 2.75) is 38.2 Å². The number of carbonyl (C=O) groups excluding carboxylic acids is 1. The van der Waals surface area contributed by atoms with E-state index in [1.807, 2.05) is 6.92 Å². The molecule has 0 bridgehead atoms. The molecule has 0 radical (unpaired) electrons. The third kappa shape index (κ3) is 6.27. The maximum Gasteiger partial charge on any atom is 0.245 e. The Balaban J connectivity index is 2.40. The smallest absolute Gasteiger partial charge is 0.245 e. The Labute approximate surface area is 162 Å². The summed E-state index contributed by atoms with van der Waals surface area (Å²) >= 11 is 5.92. The molecule has 2 aromatic carbocycles. The third-order valence-corrected chi connectivity index (χ3v) is 4.48. The lowest BCUT2D eigenvalue weighted by atomic mass is 9.85. The van der Waals surface area contributed by atoms with E-state index in [-0.39, 0.29) is 12.0 Å². The van der Waals surface area contributed by atoms with E-state index in [2.05, 4.69) is 0 Å². The number of amides is 1. The van der Waals surface area contributed by atoms with Crippen molar-refractivity contribution < 1.29 is 23.5 Å². The van der Waals surface area contributed by atoms with Crippen LogP contribution in [0.15, 0.2) is 42.5 Å². The molecule has 1 amide bonds. The molecular formula is C20H22ClF2NO3. The fourth-order valence-corrected chi connectivity index (χ4v) is 3.06. The summed E-state index contributed by atoms with van der Waals surface area (Å²) in [6, 6.07) is 10.4. The van der Waals surface area contributed by atoms with Crippen LogP contribution in [0.25, 0.3) is 0 Å². The van der Waals surface area contributed by atoms with Crippen LogP contribution in [-0.2, 0) is 16.0 Å². The Morgan fingerprint density at radius 2 is 1.93 bits per heavy atom. The van der Waals surface area contributed by atoms with Crippen molar-refractivity contribution in [1.82, 2.24) is 5.48 Å². The minimum atomic E-state index is -0.705. The van der Waals surface area contributed by atoms with Crippen LogP contribution in [0.3, 0.4) is 0 Å². The number of hydroxylamine groups is 1. The lowest BCUT2D eigenvalue weighted by Gasteiger charge is -2.28. The molecule has 0 aromatic heterocycles. The highest BCUT2D eigenvalue weighted by Gasteiger charge is 2.29. The molecule has 1 unspecified atom stereocenters. The van der Waals surface area contributed by atoms with E-state index in [1.54, 1.807) is 29.7 Å². The van der Waals surface area contributed by atoms with Gasteiger partial charge in [-0.05, 0) is 42.2 Å². The van der Waals surface area contributed by atoms with Crippen LogP contribution in [0, 0.1) is 11.6 Å². The first-order chi connectivity index (χ1) is 12.9. The lowest BCUT2D eigenvalue weighted by molar-refractivity contribution is -0.132. The molecule has 0 saturated heterocycles. The van der Waals surface area contributed by atoms with Gasteiger partial charge in [0.05, 0.1) is 12.5 Å². The van der Waals surface area contributed by atoms with Crippen molar-refractivity contribution in [2.24, 2.45) is 0 Å². The molecule has 7 heteroatoms. The van der Waals surface area contributed by atoms with Crippen LogP contribution in [0.1, 0.15) is 36.8 Å². The minimum absolute atomic E-state index is 0.161. The van der Waals surface area contributed by atoms with E-state index in [1.165, 1.54) is 12.1 Å². The summed E-state index contributed by atoms with van der Waals surface area (Å²) in [4.78, 5) is 11.7. The second-order valence-corrected chi connectivity index (χ2v) is 6.69. The molecule has 2 aromatic rings. The van der Waals surface area contributed by atoms with Gasteiger partial charge in [-0.3, -0.25) is 10.0 Å². The first kappa shape index (κ1) is 21.3. The Bertz CT molecular complexity index is 755. The number of halogens is 3. The zero-order valence-electron chi connectivity index (χ0n) is 14.9. The Kier molecular flexibility index (Phi) is 8.16. The summed E-state index contributed by atoms with van der Waals surface area (Å²) in [6.07, 6.45) is 0.197. The van der Waals surface area contributed by atoms with Crippen LogP contribution in [-0.4, -0.2) is 23.8 Å². The topological polar surface area (TPSA) is 58.6 Å². The second-order valence-electron chi connectivity index (χ2n) is 6.25. The molecule has 0 aliphatic heterocycles. The van der Waals surface area contributed by atoms with Crippen LogP contribution in [0.5, 0.6) is 0 Å². The molecule has 2 rings (SSSR count). The van der Waals surface area contributed by atoms with Crippen LogP contribution in [0.4, 0.5) is 8.78 Å². The molecule has 2 atom stereocenters. The fourth-order valence-electron chi connectivity index (χ4n) is 2.93. The zero-order valence-corrected chi connectivity index (χ0v) is 15.7. The van der Waals surface area contributed by atoms with Gasteiger partial charge in [0.25, 0.3) is 0 Å². The predicted octanol–water partition coefficient (Wildman–Crippen LogP) is 4.64. The van der Waals surface area contributed by atoms with Gasteiger partial charge in [-0.2, -0.15) is 0 Å². The van der Waals surface area contributed by atoms with E-state index in [0.717, 1.165) is 11.6 Å². The molecule has 4 nitrogen and oxygen atoms in total. The number of ether oxygens (including phenoxy) is 1. The molecule has 2 N–H and O–H groups in total. The van der Waals surface area contributed by atoms with Gasteiger partial charge in [-0.25, -0.2) is 14.3 Å². The van der Waals surface area contributed by atoms with Crippen molar-refractivity contribution in [1.29, 1.82) is 0 Å². The number of benzene rings is 2. The first-order valence-corrected chi connectivity index (χ1v) is 9.06. The Morgan fingerprint density at radius 3 is 2.52 bits per heavy atom. The molecule has 0 aliphatic carbocycles. The van der Waals surface area contributed by atoms with Crippen LogP contribution >= 0.6 is 11.6 Å². The molecule has 0 aliphatic rings. The van der Waals surface area contributed by atoms with Gasteiger partial charge < -0.3 is 4.74 Å². The zero-order chi connectivity index (χ0) is 19.8. The largest absolute Gasteiger partial charge is 0.377 e. The maximum atomic E-state index is 14.5. The molecular weight excluding hydrogens is 376 g/mol. The quantitative estimate of drug-likeness (QED) is 0.479. The SMILES string of the molecule is CCCO[C@H](CC(=O)NO)C(Cc1ccc(Cl)cc1)c1ccc(F)cc1F. The number of rotatable bonds is 9. The fraction of sp³-hybridized carbons (Fsp3) is 0.350. The van der Waals surface area contributed by atoms with Gasteiger partial charge in [0.15, 0.2) is 0 Å². The summed E-state index contributed by atoms with van der Waals surface area (Å²) in [7, 11) is 0. The van der Waals surface area contributed by atoms with E-state index < -0.39 is 29.6 Å². The Hall–Kier alpha value is -2.02. The van der Waals surface area contributed by atoms with Gasteiger partial charge in [-0.1, -0.05) is 36.7 Å². The average Bonchev–Trinajstić information content (AvgIpc) is 2.65. The predicted molar refractivity (Wildman–Crippen MR) is 98.8 cm³/mol. The van der Waals surface area contributed by atoms with Gasteiger partial charge in [0.1, 0.15) is 11.6 Å². The van der Waals surface area contributed by atoms with Gasteiger partial charge in [0.2, 0.25) is 5.91 Å². The highest BCUT2D eigenvalue weighted by molar-refractivity contribution is 6.30. The number of hydrogen-bond donors (Lipinski definition) is 2. The number of hydrogen-bond acceptors (Lipinski definition) is 3. The standard InChI is InChI=1S/C20H22ClF2NO3/c1-2-9-27-19(12-20(25)24-26)17(10-13-3-5-14(21)6-4-13)16-8-7-15(22)11-18(16)23/h3-8,11,17,19,26H,2,9-10,12H2,1H3,(H,24,25)/t17?,19-/m1/s1. The van der Waals surface area contributed by atoms with Gasteiger partial charge in [0, 0.05) is 23.6 Å². The maximum absolute atomic E-state index is 14.5. The summed E-state index contributed by atoms with van der Waals surface area (Å²) in [6.45, 7) is 2.28. The Morgan fingerprint density at radius 1 is 1.22 bits per heavy atom. The van der Waals surface area contributed by atoms with Crippen molar-refractivity contribution >= 4 is 17.5 Å². The second kappa shape index (κ2) is 10.3. The van der Waals surface area contributed by atoms with Crippen LogP contribution in [0.2, 0.25) is 5.02 Å². The van der Waals surface area contributed by atoms with E-state index in [9.17, 15) is 13.6 Å². The van der Waals surface area contributed by atoms with Crippen molar-refractivity contribution in [3.05, 3.63) is 70.2 Å². The normalized spacial score (nSPS) is 13.2. The lowest BCUT2D eigenvalue weighted by Crippen LogP contribution is -2.32.